The van der Waals surface area contributed by atoms with Crippen molar-refractivity contribution in [1.82, 2.24) is 19.3 Å². The van der Waals surface area contributed by atoms with Gasteiger partial charge in [0, 0.05) is 12.2 Å². The fourth-order valence-corrected chi connectivity index (χ4v) is 3.94. The van der Waals surface area contributed by atoms with E-state index in [2.05, 4.69) is 40.7 Å². The number of fused-ring (bicyclic) bond motifs is 3. The minimum atomic E-state index is -0.432. The zero-order valence-electron chi connectivity index (χ0n) is 18.4. The van der Waals surface area contributed by atoms with Gasteiger partial charge in [0.05, 0.1) is 34.3 Å². The van der Waals surface area contributed by atoms with Crippen LogP contribution in [0.15, 0.2) is 48.9 Å². The second kappa shape index (κ2) is 10.1. The lowest BCUT2D eigenvalue weighted by atomic mass is 10.2. The molecule has 6 nitrogen and oxygen atoms in total. The number of hydrogen-bond acceptors (Lipinski definition) is 5. The highest BCUT2D eigenvalue weighted by molar-refractivity contribution is 6.33. The van der Waals surface area contributed by atoms with E-state index in [1.807, 2.05) is 16.5 Å². The highest BCUT2D eigenvalue weighted by Crippen LogP contribution is 2.31. The van der Waals surface area contributed by atoms with Gasteiger partial charge in [0.15, 0.2) is 5.82 Å². The summed E-state index contributed by atoms with van der Waals surface area (Å²) >= 11 is 6.18. The number of halogens is 2. The molecule has 0 atom stereocenters. The van der Waals surface area contributed by atoms with Crippen molar-refractivity contribution in [2.75, 3.05) is 37.8 Å². The molecule has 0 amide bonds. The minimum Gasteiger partial charge on any atom is -0.385 e. The van der Waals surface area contributed by atoms with Crippen LogP contribution in [0.4, 0.5) is 21.6 Å². The van der Waals surface area contributed by atoms with Crippen molar-refractivity contribution >= 4 is 45.3 Å². The van der Waals surface area contributed by atoms with Crippen LogP contribution in [0.1, 0.15) is 25.7 Å². The molecule has 0 fully saturated rings. The van der Waals surface area contributed by atoms with Crippen LogP contribution in [0.3, 0.4) is 0 Å². The average molecular weight is 455 g/mol. The summed E-state index contributed by atoms with van der Waals surface area (Å²) in [4.78, 5) is 11.2. The molecule has 2 heterocycles. The Morgan fingerprint density at radius 3 is 2.72 bits per heavy atom. The first-order valence-corrected chi connectivity index (χ1v) is 11.3. The largest absolute Gasteiger partial charge is 0.385 e. The maximum atomic E-state index is 14.3. The number of rotatable bonds is 10. The van der Waals surface area contributed by atoms with Gasteiger partial charge in [0.1, 0.15) is 11.3 Å². The van der Waals surface area contributed by atoms with Crippen LogP contribution < -0.4 is 10.6 Å². The third-order valence-corrected chi connectivity index (χ3v) is 5.73. The summed E-state index contributed by atoms with van der Waals surface area (Å²) in [6.07, 6.45) is 8.28. The highest BCUT2D eigenvalue weighted by atomic mass is 35.5. The molecule has 0 aliphatic heterocycles. The Labute approximate surface area is 192 Å². The van der Waals surface area contributed by atoms with Gasteiger partial charge >= 0.3 is 0 Å². The molecule has 168 valence electrons. The zero-order valence-corrected chi connectivity index (χ0v) is 19.2. The molecule has 0 unspecified atom stereocenters. The molecule has 4 aromatic rings. The first-order valence-electron chi connectivity index (χ1n) is 10.9. The van der Waals surface area contributed by atoms with Crippen molar-refractivity contribution < 1.29 is 4.39 Å². The number of nitrogens with zero attached hydrogens (tertiary/aromatic N) is 4. The van der Waals surface area contributed by atoms with Crippen LogP contribution in [-0.2, 0) is 0 Å². The summed E-state index contributed by atoms with van der Waals surface area (Å²) in [5, 5.41) is 6.85. The Morgan fingerprint density at radius 2 is 1.91 bits per heavy atom. The molecule has 0 aliphatic rings. The summed E-state index contributed by atoms with van der Waals surface area (Å²) in [6, 6.07) is 10.6. The zero-order chi connectivity index (χ0) is 22.5. The predicted octanol–water partition coefficient (Wildman–Crippen LogP) is 5.95. The van der Waals surface area contributed by atoms with Gasteiger partial charge in [0.2, 0.25) is 0 Å². The van der Waals surface area contributed by atoms with E-state index in [1.54, 1.807) is 24.7 Å². The van der Waals surface area contributed by atoms with E-state index in [4.69, 9.17) is 16.6 Å². The molecule has 0 saturated heterocycles. The van der Waals surface area contributed by atoms with Crippen molar-refractivity contribution in [3.63, 3.8) is 0 Å². The normalized spacial score (nSPS) is 11.5. The van der Waals surface area contributed by atoms with Gasteiger partial charge < -0.3 is 15.5 Å². The Balaban J connectivity index is 1.49. The van der Waals surface area contributed by atoms with Gasteiger partial charge in [-0.1, -0.05) is 30.5 Å². The maximum absolute atomic E-state index is 14.3. The minimum absolute atomic E-state index is 0.202. The van der Waals surface area contributed by atoms with E-state index < -0.39 is 5.82 Å². The van der Waals surface area contributed by atoms with Gasteiger partial charge in [0.25, 0.3) is 0 Å². The molecule has 0 spiro atoms. The van der Waals surface area contributed by atoms with E-state index in [9.17, 15) is 4.39 Å². The number of imidazole rings is 1. The number of nitrogens with one attached hydrogen (secondary N) is 2. The lowest BCUT2D eigenvalue weighted by Gasteiger charge is -2.13. The molecule has 0 radical (unpaired) electrons. The lowest BCUT2D eigenvalue weighted by molar-refractivity contribution is 0.391. The van der Waals surface area contributed by atoms with Gasteiger partial charge in [-0.05, 0) is 63.8 Å². The summed E-state index contributed by atoms with van der Waals surface area (Å²) in [6.45, 7) is 2.07. The molecule has 0 saturated carbocycles. The highest BCUT2D eigenvalue weighted by Gasteiger charge is 2.13. The number of anilines is 3. The van der Waals surface area contributed by atoms with Crippen molar-refractivity contribution in [2.45, 2.75) is 25.7 Å². The first kappa shape index (κ1) is 22.3. The average Bonchev–Trinajstić information content (AvgIpc) is 3.26. The molecule has 2 aromatic carbocycles. The van der Waals surface area contributed by atoms with Gasteiger partial charge in [-0.15, -0.1) is 0 Å². The van der Waals surface area contributed by atoms with E-state index in [0.717, 1.165) is 41.7 Å². The topological polar surface area (TPSA) is 57.5 Å². The van der Waals surface area contributed by atoms with Crippen LogP contribution >= 0.6 is 11.6 Å². The van der Waals surface area contributed by atoms with Gasteiger partial charge in [-0.25, -0.2) is 14.4 Å². The SMILES string of the molecule is CN(C)CCCCCCNc1ccc2nc(Nc3c(F)cccc3Cl)c3cncn3c2c1. The molecule has 2 aromatic heterocycles. The van der Waals surface area contributed by atoms with E-state index in [1.165, 1.54) is 25.3 Å². The Hall–Kier alpha value is -2.90. The fourth-order valence-electron chi connectivity index (χ4n) is 3.73. The monoisotopic (exact) mass is 454 g/mol. The van der Waals surface area contributed by atoms with Crippen LogP contribution in [0.5, 0.6) is 0 Å². The number of aromatic nitrogens is 3. The van der Waals surface area contributed by atoms with Crippen LogP contribution in [0, 0.1) is 5.82 Å². The molecule has 4 rings (SSSR count). The Kier molecular flexibility index (Phi) is 7.07. The van der Waals surface area contributed by atoms with Crippen molar-refractivity contribution in [2.24, 2.45) is 0 Å². The van der Waals surface area contributed by atoms with Crippen molar-refractivity contribution in [1.29, 1.82) is 0 Å². The second-order valence-electron chi connectivity index (χ2n) is 8.18. The third-order valence-electron chi connectivity index (χ3n) is 5.42. The molecule has 32 heavy (non-hydrogen) atoms. The first-order chi connectivity index (χ1) is 15.5. The number of para-hydroxylation sites is 1. The number of benzene rings is 2. The van der Waals surface area contributed by atoms with E-state index >= 15 is 0 Å². The Morgan fingerprint density at radius 1 is 1.06 bits per heavy atom. The lowest BCUT2D eigenvalue weighted by Crippen LogP contribution is -2.12. The molecule has 0 bridgehead atoms. The third kappa shape index (κ3) is 5.11. The van der Waals surface area contributed by atoms with E-state index in [-0.39, 0.29) is 5.69 Å². The summed E-state index contributed by atoms with van der Waals surface area (Å²) in [5.41, 5.74) is 3.70. The molecule has 8 heteroatoms. The quantitative estimate of drug-likeness (QED) is 0.290. The summed E-state index contributed by atoms with van der Waals surface area (Å²) in [7, 11) is 4.23. The van der Waals surface area contributed by atoms with Gasteiger partial charge in [-0.3, -0.25) is 4.40 Å². The number of unbranched alkanes of at least 4 members (excludes halogenated alkanes) is 3. The predicted molar refractivity (Wildman–Crippen MR) is 131 cm³/mol. The maximum Gasteiger partial charge on any atom is 0.157 e. The smallest absolute Gasteiger partial charge is 0.157 e. The van der Waals surface area contributed by atoms with Gasteiger partial charge in [-0.2, -0.15) is 0 Å². The molecular weight excluding hydrogens is 427 g/mol. The van der Waals surface area contributed by atoms with E-state index in [0.29, 0.717) is 10.8 Å². The molecule has 0 aliphatic carbocycles. The van der Waals surface area contributed by atoms with Crippen LogP contribution in [0.2, 0.25) is 5.02 Å². The van der Waals surface area contributed by atoms with Crippen LogP contribution in [-0.4, -0.2) is 46.5 Å². The second-order valence-corrected chi connectivity index (χ2v) is 8.59. The standard InChI is InChI=1S/C24H28ClFN6/c1-31(2)13-6-4-3-5-12-28-17-10-11-20-21(14-17)32-16-27-15-22(32)24(29-20)30-23-18(25)8-7-9-19(23)26/h7-11,14-16,28H,3-6,12-13H2,1-2H3,(H,29,30). The van der Waals surface area contributed by atoms with Crippen molar-refractivity contribution in [3.05, 3.63) is 59.8 Å². The van der Waals surface area contributed by atoms with Crippen LogP contribution in [0.25, 0.3) is 16.6 Å². The molecular formula is C24H28ClFN6. The molecule has 2 N–H and O–H groups in total. The fraction of sp³-hybridized carbons (Fsp3) is 0.333. The van der Waals surface area contributed by atoms with Crippen molar-refractivity contribution in [3.8, 4) is 0 Å². The number of hydrogen-bond donors (Lipinski definition) is 2. The Bertz CT molecular complexity index is 1190. The summed E-state index contributed by atoms with van der Waals surface area (Å²) in [5.74, 6) is 0.0683. The summed E-state index contributed by atoms with van der Waals surface area (Å²) < 4.78 is 16.2.